The van der Waals surface area contributed by atoms with Crippen LogP contribution >= 0.6 is 0 Å². The highest BCUT2D eigenvalue weighted by molar-refractivity contribution is 5.94. The standard InChI is InChI=1S/C25H31FN4O6/c1-3-29-18-10-9-17(35-2)14-30-23(18)28-21(22(32)25(30)34)24(33)27-13-15-7-8-16(26)12-19(15)36-11-5-4-6-20(29)31/h7-8,12,17-18,32H,3-6,9-11,13-14H2,1-2H3,(H,27,33)/t17-,18?/m0/s1. The van der Waals surface area contributed by atoms with E-state index in [4.69, 9.17) is 9.47 Å². The topological polar surface area (TPSA) is 123 Å². The van der Waals surface area contributed by atoms with Crippen molar-refractivity contribution < 1.29 is 28.6 Å². The summed E-state index contributed by atoms with van der Waals surface area (Å²) in [6, 6.07) is 3.43. The summed E-state index contributed by atoms with van der Waals surface area (Å²) in [6.07, 6.45) is 2.13. The Morgan fingerprint density at radius 2 is 2.06 bits per heavy atom. The number of halogens is 1. The third-order valence-corrected chi connectivity index (χ3v) is 6.72. The molecule has 1 unspecified atom stereocenters. The van der Waals surface area contributed by atoms with Crippen LogP contribution < -0.4 is 15.6 Å². The summed E-state index contributed by atoms with van der Waals surface area (Å²) in [4.78, 5) is 45.6. The summed E-state index contributed by atoms with van der Waals surface area (Å²) < 4.78 is 26.4. The SMILES string of the molecule is CCN1C(=O)CCCCOc2cc(F)ccc2CNC(=O)c2nc3n(c(=O)c2O)C[C@@H](OC)CCC31. The molecule has 11 heteroatoms. The van der Waals surface area contributed by atoms with Gasteiger partial charge >= 0.3 is 0 Å². The normalized spacial score (nSPS) is 21.2. The monoisotopic (exact) mass is 502 g/mol. The van der Waals surface area contributed by atoms with Gasteiger partial charge in [0.2, 0.25) is 11.7 Å². The number of methoxy groups -OCH3 is 1. The Bertz CT molecular complexity index is 1200. The lowest BCUT2D eigenvalue weighted by molar-refractivity contribution is -0.134. The van der Waals surface area contributed by atoms with Gasteiger partial charge in [0, 0.05) is 38.2 Å². The van der Waals surface area contributed by atoms with E-state index in [-0.39, 0.29) is 49.7 Å². The first-order chi connectivity index (χ1) is 17.3. The third kappa shape index (κ3) is 5.20. The number of aromatic hydroxyl groups is 1. The Morgan fingerprint density at radius 1 is 1.25 bits per heavy atom. The Balaban J connectivity index is 1.80. The summed E-state index contributed by atoms with van der Waals surface area (Å²) >= 11 is 0. The fourth-order valence-corrected chi connectivity index (χ4v) is 4.75. The minimum absolute atomic E-state index is 0.0251. The molecule has 2 amide bonds. The van der Waals surface area contributed by atoms with E-state index >= 15 is 0 Å². The van der Waals surface area contributed by atoms with Crippen LogP contribution in [0.1, 0.15) is 66.9 Å². The highest BCUT2D eigenvalue weighted by Crippen LogP contribution is 2.31. The summed E-state index contributed by atoms with van der Waals surface area (Å²) in [7, 11) is 1.54. The summed E-state index contributed by atoms with van der Waals surface area (Å²) in [5, 5.41) is 13.3. The van der Waals surface area contributed by atoms with E-state index in [0.29, 0.717) is 37.8 Å². The maximum atomic E-state index is 13.8. The van der Waals surface area contributed by atoms with E-state index in [1.165, 1.54) is 22.8 Å². The van der Waals surface area contributed by atoms with Gasteiger partial charge in [-0.05, 0) is 38.7 Å². The Kier molecular flexibility index (Phi) is 7.88. The third-order valence-electron chi connectivity index (χ3n) is 6.72. The Labute approximate surface area is 208 Å². The molecule has 0 aliphatic carbocycles. The maximum absolute atomic E-state index is 13.8. The first-order valence-electron chi connectivity index (χ1n) is 12.2. The molecule has 36 heavy (non-hydrogen) atoms. The molecule has 3 heterocycles. The van der Waals surface area contributed by atoms with Crippen molar-refractivity contribution >= 4 is 11.8 Å². The minimum Gasteiger partial charge on any atom is -0.501 e. The molecule has 0 spiro atoms. The first kappa shape index (κ1) is 25.6. The number of hydrogen-bond acceptors (Lipinski definition) is 7. The van der Waals surface area contributed by atoms with E-state index in [9.17, 15) is 23.9 Å². The molecule has 0 radical (unpaired) electrons. The number of rotatable bonds is 2. The van der Waals surface area contributed by atoms with Gasteiger partial charge in [-0.25, -0.2) is 9.37 Å². The number of benzene rings is 1. The molecule has 10 nitrogen and oxygen atoms in total. The second kappa shape index (κ2) is 11.1. The lowest BCUT2D eigenvalue weighted by atomic mass is 10.1. The van der Waals surface area contributed by atoms with Gasteiger partial charge in [0.25, 0.3) is 11.5 Å². The first-order valence-corrected chi connectivity index (χ1v) is 12.2. The number of nitrogens with one attached hydrogen (secondary N) is 1. The predicted molar refractivity (Wildman–Crippen MR) is 127 cm³/mol. The van der Waals surface area contributed by atoms with Gasteiger partial charge in [0.15, 0.2) is 5.69 Å². The van der Waals surface area contributed by atoms with E-state index < -0.39 is 34.8 Å². The highest BCUT2D eigenvalue weighted by atomic mass is 19.1. The molecule has 1 aromatic carbocycles. The van der Waals surface area contributed by atoms with Crippen molar-refractivity contribution in [3.05, 3.63) is 51.5 Å². The van der Waals surface area contributed by atoms with Crippen molar-refractivity contribution in [2.24, 2.45) is 0 Å². The summed E-state index contributed by atoms with van der Waals surface area (Å²) in [6.45, 7) is 2.63. The average molecular weight is 503 g/mol. The molecule has 194 valence electrons. The highest BCUT2D eigenvalue weighted by Gasteiger charge is 2.34. The molecule has 0 saturated heterocycles. The largest absolute Gasteiger partial charge is 0.501 e. The molecule has 2 aromatic rings. The van der Waals surface area contributed by atoms with Crippen LogP contribution in [-0.2, 0) is 22.6 Å². The van der Waals surface area contributed by atoms with Gasteiger partial charge in [0.1, 0.15) is 17.4 Å². The Hall–Kier alpha value is -3.47. The van der Waals surface area contributed by atoms with Crippen molar-refractivity contribution in [1.82, 2.24) is 19.8 Å². The second-order valence-electron chi connectivity index (χ2n) is 8.95. The van der Waals surface area contributed by atoms with Crippen molar-refractivity contribution in [3.63, 3.8) is 0 Å². The molecule has 2 bridgehead atoms. The van der Waals surface area contributed by atoms with E-state index in [1.54, 1.807) is 12.0 Å². The number of aromatic nitrogens is 2. The van der Waals surface area contributed by atoms with Crippen molar-refractivity contribution in [2.75, 3.05) is 20.3 Å². The van der Waals surface area contributed by atoms with Gasteiger partial charge in [-0.3, -0.25) is 19.0 Å². The molecule has 4 rings (SSSR count). The van der Waals surface area contributed by atoms with Crippen LogP contribution in [0.25, 0.3) is 0 Å². The van der Waals surface area contributed by atoms with Crippen LogP contribution in [-0.4, -0.2) is 57.7 Å². The van der Waals surface area contributed by atoms with Crippen LogP contribution in [0.3, 0.4) is 0 Å². The van der Waals surface area contributed by atoms with E-state index in [2.05, 4.69) is 10.3 Å². The number of carbonyl (C=O) groups is 2. The zero-order valence-electron chi connectivity index (χ0n) is 20.5. The quantitative estimate of drug-likeness (QED) is 0.646. The predicted octanol–water partition coefficient (Wildman–Crippen LogP) is 2.28. The van der Waals surface area contributed by atoms with Crippen LogP contribution in [0, 0.1) is 5.82 Å². The number of fused-ring (bicyclic) bond motifs is 2. The lowest BCUT2D eigenvalue weighted by Crippen LogP contribution is -2.39. The molecule has 2 aliphatic heterocycles. The number of carbonyl (C=O) groups excluding carboxylic acids is 2. The van der Waals surface area contributed by atoms with Crippen LogP contribution in [0.2, 0.25) is 0 Å². The van der Waals surface area contributed by atoms with Gasteiger partial charge in [-0.15, -0.1) is 0 Å². The van der Waals surface area contributed by atoms with Gasteiger partial charge in [-0.2, -0.15) is 0 Å². The molecule has 2 atom stereocenters. The Morgan fingerprint density at radius 3 is 2.81 bits per heavy atom. The fourth-order valence-electron chi connectivity index (χ4n) is 4.75. The fraction of sp³-hybridized carbons (Fsp3) is 0.520. The molecule has 2 aliphatic rings. The lowest BCUT2D eigenvalue weighted by Gasteiger charge is -2.31. The van der Waals surface area contributed by atoms with Gasteiger partial charge in [0.05, 0.1) is 25.3 Å². The van der Waals surface area contributed by atoms with Crippen molar-refractivity contribution in [3.8, 4) is 11.5 Å². The minimum atomic E-state index is -0.780. The maximum Gasteiger partial charge on any atom is 0.296 e. The molecular formula is C25H31FN4O6. The molecule has 0 fully saturated rings. The van der Waals surface area contributed by atoms with Crippen molar-refractivity contribution in [1.29, 1.82) is 0 Å². The second-order valence-corrected chi connectivity index (χ2v) is 8.95. The van der Waals surface area contributed by atoms with Crippen LogP contribution in [0.4, 0.5) is 4.39 Å². The van der Waals surface area contributed by atoms with Gasteiger partial charge in [-0.1, -0.05) is 6.07 Å². The molecule has 0 saturated carbocycles. The van der Waals surface area contributed by atoms with Crippen LogP contribution in [0.5, 0.6) is 11.5 Å². The van der Waals surface area contributed by atoms with Crippen LogP contribution in [0.15, 0.2) is 23.0 Å². The molecule has 1 aromatic heterocycles. The zero-order chi connectivity index (χ0) is 25.8. The van der Waals surface area contributed by atoms with E-state index in [0.717, 1.165) is 0 Å². The summed E-state index contributed by atoms with van der Waals surface area (Å²) in [5.41, 5.74) is -0.668. The number of hydrogen-bond donors (Lipinski definition) is 2. The average Bonchev–Trinajstić information content (AvgIpc) is 3.05. The van der Waals surface area contributed by atoms with Crippen molar-refractivity contribution in [2.45, 2.75) is 64.3 Å². The smallest absolute Gasteiger partial charge is 0.296 e. The number of amides is 2. The number of ether oxygens (including phenoxy) is 2. The molecular weight excluding hydrogens is 471 g/mol. The van der Waals surface area contributed by atoms with E-state index in [1.807, 2.05) is 6.92 Å². The zero-order valence-corrected chi connectivity index (χ0v) is 20.5. The molecule has 2 N–H and O–H groups in total. The number of nitrogens with zero attached hydrogens (tertiary/aromatic N) is 3. The summed E-state index contributed by atoms with van der Waals surface area (Å²) in [5.74, 6) is -1.63. The van der Waals surface area contributed by atoms with Gasteiger partial charge < -0.3 is 24.8 Å².